The highest BCUT2D eigenvalue weighted by Crippen LogP contribution is 2.14. The first-order valence-electron chi connectivity index (χ1n) is 4.02. The molecule has 2 aromatic heterocycles. The molecule has 3 nitrogen and oxygen atoms in total. The minimum atomic E-state index is 0.571. The molecule has 0 unspecified atom stereocenters. The zero-order chi connectivity index (χ0) is 9.10. The lowest BCUT2D eigenvalue weighted by molar-refractivity contribution is 1.07. The first-order valence-corrected chi connectivity index (χ1v) is 4.02. The van der Waals surface area contributed by atoms with E-state index >= 15 is 0 Å². The van der Waals surface area contributed by atoms with Gasteiger partial charge in [0.1, 0.15) is 0 Å². The third-order valence-electron chi connectivity index (χ3n) is 1.87. The van der Waals surface area contributed by atoms with Crippen LogP contribution in [0.4, 0.5) is 0 Å². The van der Waals surface area contributed by atoms with Crippen LogP contribution in [0, 0.1) is 0 Å². The van der Waals surface area contributed by atoms with Crippen molar-refractivity contribution in [3.05, 3.63) is 36.3 Å². The van der Waals surface area contributed by atoms with Crippen molar-refractivity contribution < 1.29 is 0 Å². The van der Waals surface area contributed by atoms with Crippen molar-refractivity contribution in [3.8, 4) is 0 Å². The smallest absolute Gasteiger partial charge is 0.0783 e. The van der Waals surface area contributed by atoms with E-state index in [0.29, 0.717) is 6.54 Å². The fourth-order valence-electron chi connectivity index (χ4n) is 1.30. The lowest BCUT2D eigenvalue weighted by Gasteiger charge is -2.00. The van der Waals surface area contributed by atoms with Crippen LogP contribution in [0.25, 0.3) is 10.9 Å². The highest BCUT2D eigenvalue weighted by molar-refractivity contribution is 5.80. The topological polar surface area (TPSA) is 38.1 Å². The number of nitrogens with zero attached hydrogens (tertiary/aromatic N) is 3. The van der Waals surface area contributed by atoms with Gasteiger partial charge in [0.05, 0.1) is 12.1 Å². The molecule has 0 aliphatic carbocycles. The van der Waals surface area contributed by atoms with E-state index in [0.717, 1.165) is 16.5 Å². The van der Waals surface area contributed by atoms with Crippen LogP contribution in [0.3, 0.4) is 0 Å². The van der Waals surface area contributed by atoms with Gasteiger partial charge in [0.25, 0.3) is 0 Å². The maximum atomic E-state index is 4.27. The molecule has 2 heterocycles. The molecule has 2 aromatic rings. The van der Waals surface area contributed by atoms with E-state index in [2.05, 4.69) is 21.7 Å². The van der Waals surface area contributed by atoms with Gasteiger partial charge in [0, 0.05) is 29.5 Å². The molecular weight excluding hydrogens is 162 g/mol. The van der Waals surface area contributed by atoms with Gasteiger partial charge in [-0.1, -0.05) is 0 Å². The van der Waals surface area contributed by atoms with Gasteiger partial charge < -0.3 is 0 Å². The van der Waals surface area contributed by atoms with E-state index in [4.69, 9.17) is 0 Å². The Morgan fingerprint density at radius 3 is 3.15 bits per heavy atom. The molecule has 0 aromatic carbocycles. The van der Waals surface area contributed by atoms with Crippen LogP contribution in [0.15, 0.2) is 35.7 Å². The zero-order valence-electron chi connectivity index (χ0n) is 7.14. The second kappa shape index (κ2) is 3.31. The monoisotopic (exact) mass is 171 g/mol. The summed E-state index contributed by atoms with van der Waals surface area (Å²) in [6.07, 6.45) is 5.36. The van der Waals surface area contributed by atoms with Crippen molar-refractivity contribution in [3.63, 3.8) is 0 Å². The summed E-state index contributed by atoms with van der Waals surface area (Å²) in [5.41, 5.74) is 1.98. The van der Waals surface area contributed by atoms with Gasteiger partial charge in [-0.3, -0.25) is 15.0 Å². The number of hydrogen-bond donors (Lipinski definition) is 0. The fraction of sp³-hybridized carbons (Fsp3) is 0.100. The Bertz CT molecular complexity index is 432. The van der Waals surface area contributed by atoms with Crippen molar-refractivity contribution in [1.82, 2.24) is 9.97 Å². The number of aliphatic imine (C=N–C) groups is 1. The first-order chi connectivity index (χ1) is 6.42. The maximum absolute atomic E-state index is 4.27. The number of aromatic nitrogens is 2. The van der Waals surface area contributed by atoms with Crippen LogP contribution in [0.5, 0.6) is 0 Å². The van der Waals surface area contributed by atoms with Crippen LogP contribution in [-0.4, -0.2) is 16.7 Å². The van der Waals surface area contributed by atoms with E-state index in [9.17, 15) is 0 Å². The number of pyridine rings is 2. The summed E-state index contributed by atoms with van der Waals surface area (Å²) in [7, 11) is 0. The third kappa shape index (κ3) is 1.40. The van der Waals surface area contributed by atoms with E-state index in [1.165, 1.54) is 0 Å². The predicted octanol–water partition coefficient (Wildman–Crippen LogP) is 1.83. The Morgan fingerprint density at radius 2 is 2.31 bits per heavy atom. The Morgan fingerprint density at radius 1 is 1.38 bits per heavy atom. The molecule has 0 aliphatic rings. The lowest BCUT2D eigenvalue weighted by atomic mass is 10.2. The van der Waals surface area contributed by atoms with Gasteiger partial charge in [0.15, 0.2) is 0 Å². The fourth-order valence-corrected chi connectivity index (χ4v) is 1.30. The maximum Gasteiger partial charge on any atom is 0.0783 e. The summed E-state index contributed by atoms with van der Waals surface area (Å²) >= 11 is 0. The van der Waals surface area contributed by atoms with Crippen molar-refractivity contribution >= 4 is 17.6 Å². The molecule has 0 amide bonds. The van der Waals surface area contributed by atoms with Crippen LogP contribution < -0.4 is 0 Å². The molecule has 0 fully saturated rings. The number of rotatable bonds is 2. The third-order valence-corrected chi connectivity index (χ3v) is 1.87. The van der Waals surface area contributed by atoms with E-state index < -0.39 is 0 Å². The second-order valence-corrected chi connectivity index (χ2v) is 2.76. The van der Waals surface area contributed by atoms with Crippen molar-refractivity contribution in [2.75, 3.05) is 0 Å². The van der Waals surface area contributed by atoms with Gasteiger partial charge in [-0.25, -0.2) is 0 Å². The molecule has 13 heavy (non-hydrogen) atoms. The highest BCUT2D eigenvalue weighted by Gasteiger charge is 1.99. The van der Waals surface area contributed by atoms with Gasteiger partial charge in [0.2, 0.25) is 0 Å². The molecule has 2 rings (SSSR count). The molecule has 0 aliphatic heterocycles. The number of hydrogen-bond acceptors (Lipinski definition) is 3. The molecule has 64 valence electrons. The molecule has 0 N–H and O–H groups in total. The minimum absolute atomic E-state index is 0.571. The summed E-state index contributed by atoms with van der Waals surface area (Å²) in [5, 5.41) is 1.05. The molecule has 0 saturated carbocycles. The van der Waals surface area contributed by atoms with Crippen LogP contribution >= 0.6 is 0 Å². The highest BCUT2D eigenvalue weighted by atomic mass is 14.7. The van der Waals surface area contributed by atoms with Crippen molar-refractivity contribution in [1.29, 1.82) is 0 Å². The Labute approximate surface area is 76.2 Å². The SMILES string of the molecule is C=NCc1cncc2cccnc12. The molecule has 0 radical (unpaired) electrons. The normalized spacial score (nSPS) is 10.2. The summed E-state index contributed by atoms with van der Waals surface area (Å²) in [6.45, 7) is 4.03. The summed E-state index contributed by atoms with van der Waals surface area (Å²) in [5.74, 6) is 0. The van der Waals surface area contributed by atoms with Crippen molar-refractivity contribution in [2.45, 2.75) is 6.54 Å². The largest absolute Gasteiger partial charge is 0.296 e. The zero-order valence-corrected chi connectivity index (χ0v) is 7.14. The lowest BCUT2D eigenvalue weighted by Crippen LogP contribution is -1.88. The van der Waals surface area contributed by atoms with Gasteiger partial charge in [-0.15, -0.1) is 0 Å². The Kier molecular flexibility index (Phi) is 2.00. The molecule has 0 bridgehead atoms. The minimum Gasteiger partial charge on any atom is -0.296 e. The molecule has 3 heteroatoms. The first kappa shape index (κ1) is 7.86. The van der Waals surface area contributed by atoms with Gasteiger partial charge in [-0.2, -0.15) is 0 Å². The average molecular weight is 171 g/mol. The second-order valence-electron chi connectivity index (χ2n) is 2.76. The average Bonchev–Trinajstić information content (AvgIpc) is 2.19. The quantitative estimate of drug-likeness (QED) is 0.646. The van der Waals surface area contributed by atoms with Gasteiger partial charge in [-0.05, 0) is 18.9 Å². The van der Waals surface area contributed by atoms with E-state index in [-0.39, 0.29) is 0 Å². The number of fused-ring (bicyclic) bond motifs is 1. The summed E-state index contributed by atoms with van der Waals surface area (Å²) in [4.78, 5) is 12.2. The Balaban J connectivity index is 2.68. The standard InChI is InChI=1S/C10H9N3/c1-11-5-9-7-12-6-8-3-2-4-13-10(8)9/h2-4,6-7H,1,5H2. The van der Waals surface area contributed by atoms with Crippen LogP contribution in [0.1, 0.15) is 5.56 Å². The van der Waals surface area contributed by atoms with Crippen LogP contribution in [-0.2, 0) is 6.54 Å². The Hall–Kier alpha value is -1.77. The van der Waals surface area contributed by atoms with Crippen molar-refractivity contribution in [2.24, 2.45) is 4.99 Å². The van der Waals surface area contributed by atoms with Gasteiger partial charge >= 0.3 is 0 Å². The molecule has 0 saturated heterocycles. The van der Waals surface area contributed by atoms with Crippen LogP contribution in [0.2, 0.25) is 0 Å². The van der Waals surface area contributed by atoms with E-state index in [1.54, 1.807) is 18.6 Å². The molecule has 0 atom stereocenters. The predicted molar refractivity (Wildman–Crippen MR) is 52.8 cm³/mol. The molecule has 0 spiro atoms. The summed E-state index contributed by atoms with van der Waals surface area (Å²) in [6, 6.07) is 3.89. The summed E-state index contributed by atoms with van der Waals surface area (Å²) < 4.78 is 0. The van der Waals surface area contributed by atoms with E-state index in [1.807, 2.05) is 12.1 Å². The molecular formula is C10H9N3.